The summed E-state index contributed by atoms with van der Waals surface area (Å²) < 4.78 is 7.60. The lowest BCUT2D eigenvalue weighted by atomic mass is 9.96. The van der Waals surface area contributed by atoms with Crippen molar-refractivity contribution < 1.29 is 9.53 Å². The van der Waals surface area contributed by atoms with Gasteiger partial charge in [-0.2, -0.15) is 0 Å². The molecule has 0 bridgehead atoms. The molecule has 1 aromatic carbocycles. The van der Waals surface area contributed by atoms with Crippen LogP contribution in [0, 0.1) is 20.8 Å². The smallest absolute Gasteiger partial charge is 0.325 e. The lowest BCUT2D eigenvalue weighted by molar-refractivity contribution is -0.143. The average molecular weight is 477 g/mol. The number of ether oxygens (including phenoxy) is 1. The molecule has 3 aromatic rings. The highest BCUT2D eigenvalue weighted by Crippen LogP contribution is 2.41. The highest BCUT2D eigenvalue weighted by Gasteiger charge is 2.42. The number of para-hydroxylation sites is 1. The van der Waals surface area contributed by atoms with Gasteiger partial charge in [-0.25, -0.2) is 0 Å². The summed E-state index contributed by atoms with van der Waals surface area (Å²) in [6.07, 6.45) is 2.74. The number of nitrogens with zero attached hydrogens (tertiary/aromatic N) is 3. The number of thiocarbonyl (C=S) groups is 1. The molecule has 4 rings (SSSR count). The molecule has 6 nitrogen and oxygen atoms in total. The highest BCUT2D eigenvalue weighted by atomic mass is 32.1. The van der Waals surface area contributed by atoms with Crippen molar-refractivity contribution in [1.82, 2.24) is 19.8 Å². The summed E-state index contributed by atoms with van der Waals surface area (Å²) in [6, 6.07) is 14.2. The Morgan fingerprint density at radius 3 is 2.62 bits per heavy atom. The van der Waals surface area contributed by atoms with E-state index in [0.29, 0.717) is 11.7 Å². The summed E-state index contributed by atoms with van der Waals surface area (Å²) in [4.78, 5) is 19.0. The molecule has 0 aliphatic carbocycles. The molecule has 178 valence electrons. The Morgan fingerprint density at radius 2 is 1.94 bits per heavy atom. The molecule has 7 heteroatoms. The lowest BCUT2D eigenvalue weighted by Crippen LogP contribution is -2.35. The van der Waals surface area contributed by atoms with Gasteiger partial charge in [-0.05, 0) is 81.2 Å². The van der Waals surface area contributed by atoms with E-state index < -0.39 is 0 Å². The maximum atomic E-state index is 12.5. The third-order valence-corrected chi connectivity index (χ3v) is 6.87. The summed E-state index contributed by atoms with van der Waals surface area (Å²) in [5.74, 6) is -0.292. The summed E-state index contributed by atoms with van der Waals surface area (Å²) in [6.45, 7) is 10.9. The molecule has 3 heterocycles. The number of pyridine rings is 1. The van der Waals surface area contributed by atoms with Gasteiger partial charge in [0.25, 0.3) is 0 Å². The molecule has 0 radical (unpaired) electrons. The summed E-state index contributed by atoms with van der Waals surface area (Å²) in [7, 11) is 0. The van der Waals surface area contributed by atoms with Gasteiger partial charge in [0.15, 0.2) is 5.11 Å². The molecule has 1 aliphatic heterocycles. The Bertz CT molecular complexity index is 1200. The minimum absolute atomic E-state index is 0.0852. The van der Waals surface area contributed by atoms with Gasteiger partial charge in [0.2, 0.25) is 0 Å². The third kappa shape index (κ3) is 4.32. The van der Waals surface area contributed by atoms with Crippen molar-refractivity contribution in [1.29, 1.82) is 0 Å². The Hall–Kier alpha value is -3.19. The predicted molar refractivity (Wildman–Crippen MR) is 138 cm³/mol. The minimum Gasteiger partial charge on any atom is -0.465 e. The van der Waals surface area contributed by atoms with E-state index in [0.717, 1.165) is 29.1 Å². The third-order valence-electron chi connectivity index (χ3n) is 6.52. The van der Waals surface area contributed by atoms with Gasteiger partial charge in [0.1, 0.15) is 6.54 Å². The first-order chi connectivity index (χ1) is 16.4. The minimum atomic E-state index is -0.292. The van der Waals surface area contributed by atoms with Crippen LogP contribution in [-0.4, -0.2) is 38.7 Å². The van der Waals surface area contributed by atoms with Crippen LogP contribution in [0.25, 0.3) is 5.69 Å². The molecule has 1 fully saturated rings. The first kappa shape index (κ1) is 24.0. The van der Waals surface area contributed by atoms with Crippen LogP contribution in [0.15, 0.2) is 48.7 Å². The van der Waals surface area contributed by atoms with E-state index in [9.17, 15) is 4.79 Å². The van der Waals surface area contributed by atoms with Crippen LogP contribution in [0.2, 0.25) is 0 Å². The fourth-order valence-corrected chi connectivity index (χ4v) is 5.32. The van der Waals surface area contributed by atoms with Gasteiger partial charge in [0, 0.05) is 17.6 Å². The summed E-state index contributed by atoms with van der Waals surface area (Å²) in [5, 5.41) is 3.95. The zero-order valence-corrected chi connectivity index (χ0v) is 21.3. The van der Waals surface area contributed by atoms with E-state index in [1.807, 2.05) is 30.0 Å². The number of hydrogen-bond donors (Lipinski definition) is 1. The molecule has 34 heavy (non-hydrogen) atoms. The number of carbonyl (C=O) groups excluding carboxylic acids is 1. The first-order valence-corrected chi connectivity index (χ1v) is 12.2. The Labute approximate surface area is 207 Å². The number of benzene rings is 1. The zero-order valence-electron chi connectivity index (χ0n) is 20.5. The molecule has 1 N–H and O–H groups in total. The van der Waals surface area contributed by atoms with Crippen LogP contribution < -0.4 is 5.32 Å². The maximum absolute atomic E-state index is 12.5. The number of aryl methyl sites for hydroxylation is 3. The number of hydrogen-bond acceptors (Lipinski definition) is 4. The van der Waals surface area contributed by atoms with Crippen molar-refractivity contribution in [3.05, 3.63) is 82.4 Å². The number of rotatable bonds is 7. The standard InChI is InChI=1S/C27H32N4O2S/c1-6-20-12-10-11-17(3)25(20)31-18(4)15-21(19(31)5)26-24(22-13-8-9-14-28-22)29-27(34)30(26)16-23(32)33-7-2/h8-15,24,26H,6-7,16H2,1-5H3,(H,29,34)/t24-,26+/m0/s1. The van der Waals surface area contributed by atoms with Crippen LogP contribution >= 0.6 is 12.2 Å². The molecular formula is C27H32N4O2S. The lowest BCUT2D eigenvalue weighted by Gasteiger charge is -2.27. The van der Waals surface area contributed by atoms with Gasteiger partial charge < -0.3 is 19.5 Å². The number of nitrogens with one attached hydrogen (secondary N) is 1. The highest BCUT2D eigenvalue weighted by molar-refractivity contribution is 7.80. The number of aromatic nitrogens is 2. The van der Waals surface area contributed by atoms with Gasteiger partial charge in [-0.15, -0.1) is 0 Å². The topological polar surface area (TPSA) is 59.4 Å². The SMILES string of the molecule is CCOC(=O)CN1C(=S)N[C@@H](c2ccccn2)[C@H]1c1cc(C)n(-c2c(C)cccc2CC)c1C. The van der Waals surface area contributed by atoms with Crippen LogP contribution in [0.3, 0.4) is 0 Å². The van der Waals surface area contributed by atoms with Crippen LogP contribution in [0.4, 0.5) is 0 Å². The number of esters is 1. The Morgan fingerprint density at radius 1 is 1.15 bits per heavy atom. The van der Waals surface area contributed by atoms with Crippen molar-refractivity contribution in [2.24, 2.45) is 0 Å². The van der Waals surface area contributed by atoms with Gasteiger partial charge in [-0.1, -0.05) is 31.2 Å². The van der Waals surface area contributed by atoms with E-state index in [1.54, 1.807) is 6.20 Å². The fourth-order valence-electron chi connectivity index (χ4n) is 5.02. The zero-order chi connectivity index (χ0) is 24.4. The van der Waals surface area contributed by atoms with Gasteiger partial charge in [0.05, 0.1) is 30.1 Å². The second-order valence-electron chi connectivity index (χ2n) is 8.66. The molecule has 0 saturated carbocycles. The summed E-state index contributed by atoms with van der Waals surface area (Å²) in [5.41, 5.74) is 8.05. The molecule has 1 saturated heterocycles. The Kier molecular flexibility index (Phi) is 7.03. The molecule has 2 aromatic heterocycles. The Balaban J connectivity index is 1.86. The molecule has 0 unspecified atom stereocenters. The molecule has 2 atom stereocenters. The van der Waals surface area contributed by atoms with Crippen molar-refractivity contribution in [3.63, 3.8) is 0 Å². The quantitative estimate of drug-likeness (QED) is 0.387. The summed E-state index contributed by atoms with van der Waals surface area (Å²) >= 11 is 5.71. The predicted octanol–water partition coefficient (Wildman–Crippen LogP) is 4.90. The number of carbonyl (C=O) groups is 1. The average Bonchev–Trinajstić information content (AvgIpc) is 3.29. The van der Waals surface area contributed by atoms with E-state index in [2.05, 4.69) is 66.8 Å². The fraction of sp³-hybridized carbons (Fsp3) is 0.370. The molecular weight excluding hydrogens is 444 g/mol. The molecule has 0 amide bonds. The molecule has 1 aliphatic rings. The normalized spacial score (nSPS) is 17.7. The van der Waals surface area contributed by atoms with E-state index in [4.69, 9.17) is 17.0 Å². The van der Waals surface area contributed by atoms with Crippen molar-refractivity contribution in [2.75, 3.05) is 13.2 Å². The van der Waals surface area contributed by atoms with Crippen molar-refractivity contribution >= 4 is 23.3 Å². The van der Waals surface area contributed by atoms with Crippen molar-refractivity contribution in [2.45, 2.75) is 53.1 Å². The monoisotopic (exact) mass is 476 g/mol. The second-order valence-corrected chi connectivity index (χ2v) is 9.04. The first-order valence-electron chi connectivity index (χ1n) is 11.8. The van der Waals surface area contributed by atoms with Gasteiger partial charge in [-0.3, -0.25) is 9.78 Å². The van der Waals surface area contributed by atoms with E-state index >= 15 is 0 Å². The van der Waals surface area contributed by atoms with Crippen molar-refractivity contribution in [3.8, 4) is 5.69 Å². The van der Waals surface area contributed by atoms with Crippen LogP contribution in [0.1, 0.15) is 59.7 Å². The maximum Gasteiger partial charge on any atom is 0.325 e. The van der Waals surface area contributed by atoms with Gasteiger partial charge >= 0.3 is 5.97 Å². The van der Waals surface area contributed by atoms with E-state index in [-0.39, 0.29) is 24.6 Å². The van der Waals surface area contributed by atoms with Crippen LogP contribution in [-0.2, 0) is 16.0 Å². The van der Waals surface area contributed by atoms with Crippen LogP contribution in [0.5, 0.6) is 0 Å². The largest absolute Gasteiger partial charge is 0.465 e. The molecule has 0 spiro atoms. The second kappa shape index (κ2) is 9.97. The van der Waals surface area contributed by atoms with E-state index in [1.165, 1.54) is 16.8 Å².